The first-order valence-electron chi connectivity index (χ1n) is 9.18. The van der Waals surface area contributed by atoms with Crippen molar-refractivity contribution in [3.8, 4) is 5.75 Å². The molecule has 1 aromatic carbocycles. The summed E-state index contributed by atoms with van der Waals surface area (Å²) in [6.07, 6.45) is -0.363. The average molecular weight is 394 g/mol. The van der Waals surface area contributed by atoms with Gasteiger partial charge >= 0.3 is 12.1 Å². The van der Waals surface area contributed by atoms with Crippen molar-refractivity contribution in [3.63, 3.8) is 0 Å². The summed E-state index contributed by atoms with van der Waals surface area (Å²) >= 11 is 0. The molecule has 0 bridgehead atoms. The van der Waals surface area contributed by atoms with E-state index in [0.717, 1.165) is 0 Å². The molecule has 0 aliphatic rings. The van der Waals surface area contributed by atoms with Gasteiger partial charge in [-0.2, -0.15) is 0 Å². The highest BCUT2D eigenvalue weighted by Gasteiger charge is 2.28. The molecule has 28 heavy (non-hydrogen) atoms. The molecule has 156 valence electrons. The minimum Gasteiger partial charge on any atom is -0.508 e. The number of carbonyl (C=O) groups excluding carboxylic acids is 2. The van der Waals surface area contributed by atoms with Gasteiger partial charge in [0.2, 0.25) is 5.91 Å². The number of alkyl carbamates (subject to hydrolysis) is 1. The number of carboxylic acids is 1. The number of aromatic hydroxyl groups is 1. The normalized spacial score (nSPS) is 13.5. The average Bonchev–Trinajstić information content (AvgIpc) is 2.53. The van der Waals surface area contributed by atoms with E-state index in [1.54, 1.807) is 32.9 Å². The summed E-state index contributed by atoms with van der Waals surface area (Å²) in [6, 6.07) is 3.97. The molecule has 0 heterocycles. The van der Waals surface area contributed by atoms with E-state index in [1.165, 1.54) is 12.1 Å². The van der Waals surface area contributed by atoms with Gasteiger partial charge in [-0.05, 0) is 50.8 Å². The van der Waals surface area contributed by atoms with Gasteiger partial charge in [0.15, 0.2) is 0 Å². The van der Waals surface area contributed by atoms with Crippen LogP contribution >= 0.6 is 0 Å². The molecule has 0 aromatic heterocycles. The maximum atomic E-state index is 12.7. The number of carboxylic acid groups (broad SMARTS) is 1. The first kappa shape index (κ1) is 23.3. The molecule has 1 aromatic rings. The summed E-state index contributed by atoms with van der Waals surface area (Å²) in [4.78, 5) is 36.3. The van der Waals surface area contributed by atoms with Crippen LogP contribution in [0.4, 0.5) is 4.79 Å². The van der Waals surface area contributed by atoms with Crippen molar-refractivity contribution in [2.24, 2.45) is 5.92 Å². The summed E-state index contributed by atoms with van der Waals surface area (Å²) < 4.78 is 5.19. The highest BCUT2D eigenvalue weighted by atomic mass is 16.6. The third kappa shape index (κ3) is 8.75. The van der Waals surface area contributed by atoms with Gasteiger partial charge in [0.1, 0.15) is 23.4 Å². The molecule has 0 aliphatic heterocycles. The van der Waals surface area contributed by atoms with Crippen molar-refractivity contribution < 1.29 is 29.3 Å². The van der Waals surface area contributed by atoms with Crippen LogP contribution in [0, 0.1) is 5.92 Å². The van der Waals surface area contributed by atoms with E-state index < -0.39 is 35.7 Å². The quantitative estimate of drug-likeness (QED) is 0.537. The summed E-state index contributed by atoms with van der Waals surface area (Å²) in [5, 5.41) is 23.8. The summed E-state index contributed by atoms with van der Waals surface area (Å²) in [6.45, 7) is 8.91. The van der Waals surface area contributed by atoms with Gasteiger partial charge in [-0.25, -0.2) is 9.59 Å². The van der Waals surface area contributed by atoms with E-state index >= 15 is 0 Å². The second-order valence-corrected chi connectivity index (χ2v) is 8.10. The number of aliphatic carboxylic acids is 1. The fourth-order valence-electron chi connectivity index (χ4n) is 2.49. The van der Waals surface area contributed by atoms with Crippen molar-refractivity contribution in [1.82, 2.24) is 10.6 Å². The molecule has 0 saturated carbocycles. The first-order chi connectivity index (χ1) is 12.9. The summed E-state index contributed by atoms with van der Waals surface area (Å²) in [5.74, 6) is -1.63. The molecule has 2 amide bonds. The number of rotatable bonds is 8. The number of hydrogen-bond donors (Lipinski definition) is 4. The second-order valence-electron chi connectivity index (χ2n) is 8.10. The van der Waals surface area contributed by atoms with Crippen LogP contribution in [0.2, 0.25) is 0 Å². The Hall–Kier alpha value is -2.77. The maximum absolute atomic E-state index is 12.7. The Morgan fingerprint density at radius 1 is 1.04 bits per heavy atom. The highest BCUT2D eigenvalue weighted by Crippen LogP contribution is 2.13. The number of amides is 2. The Morgan fingerprint density at radius 3 is 2.07 bits per heavy atom. The predicted octanol–water partition coefficient (Wildman–Crippen LogP) is 2.44. The lowest BCUT2D eigenvalue weighted by Gasteiger charge is -2.25. The van der Waals surface area contributed by atoms with Crippen LogP contribution in [-0.4, -0.2) is 45.9 Å². The Labute approximate surface area is 165 Å². The smallest absolute Gasteiger partial charge is 0.408 e. The Morgan fingerprint density at radius 2 is 1.61 bits per heavy atom. The van der Waals surface area contributed by atoms with Crippen LogP contribution in [0.1, 0.15) is 46.6 Å². The van der Waals surface area contributed by atoms with Crippen molar-refractivity contribution in [3.05, 3.63) is 29.8 Å². The van der Waals surface area contributed by atoms with E-state index in [0.29, 0.717) is 12.0 Å². The fourth-order valence-corrected chi connectivity index (χ4v) is 2.49. The third-order valence-corrected chi connectivity index (χ3v) is 3.71. The third-order valence-electron chi connectivity index (χ3n) is 3.71. The minimum absolute atomic E-state index is 0.0438. The van der Waals surface area contributed by atoms with Crippen LogP contribution < -0.4 is 10.6 Å². The first-order valence-corrected chi connectivity index (χ1v) is 9.18. The molecule has 2 atom stereocenters. The molecule has 8 nitrogen and oxygen atoms in total. The number of hydrogen-bond acceptors (Lipinski definition) is 5. The number of carbonyl (C=O) groups is 3. The van der Waals surface area contributed by atoms with E-state index in [2.05, 4.69) is 10.6 Å². The minimum atomic E-state index is -1.19. The number of nitrogens with one attached hydrogen (secondary N) is 2. The van der Waals surface area contributed by atoms with Crippen molar-refractivity contribution in [2.75, 3.05) is 0 Å². The number of ether oxygens (including phenoxy) is 1. The SMILES string of the molecule is CC(C)C[C@H](NC(=O)OC(C)(C)C)C(=O)N[C@@H](Cc1ccc(O)cc1)C(=O)O. The summed E-state index contributed by atoms with van der Waals surface area (Å²) in [7, 11) is 0. The lowest BCUT2D eigenvalue weighted by Crippen LogP contribution is -2.53. The maximum Gasteiger partial charge on any atom is 0.408 e. The second kappa shape index (κ2) is 9.96. The van der Waals surface area contributed by atoms with Crippen molar-refractivity contribution in [2.45, 2.75) is 65.1 Å². The van der Waals surface area contributed by atoms with Gasteiger partial charge in [0, 0.05) is 6.42 Å². The fraction of sp³-hybridized carbons (Fsp3) is 0.550. The van der Waals surface area contributed by atoms with Gasteiger partial charge in [0.05, 0.1) is 0 Å². The van der Waals surface area contributed by atoms with Crippen molar-refractivity contribution in [1.29, 1.82) is 0 Å². The van der Waals surface area contributed by atoms with Crippen LogP contribution in [0.15, 0.2) is 24.3 Å². The van der Waals surface area contributed by atoms with Gasteiger partial charge < -0.3 is 25.6 Å². The standard InChI is InChI=1S/C20H30N2O6/c1-12(2)10-15(22-19(27)28-20(3,4)5)17(24)21-16(18(25)26)11-13-6-8-14(23)9-7-13/h6-9,12,15-16,23H,10-11H2,1-5H3,(H,21,24)(H,22,27)(H,25,26)/t15-,16-/m0/s1. The zero-order valence-electron chi connectivity index (χ0n) is 17.0. The highest BCUT2D eigenvalue weighted by molar-refractivity contribution is 5.89. The molecular weight excluding hydrogens is 364 g/mol. The molecule has 0 unspecified atom stereocenters. The Bertz CT molecular complexity index is 679. The zero-order valence-corrected chi connectivity index (χ0v) is 17.0. The lowest BCUT2D eigenvalue weighted by atomic mass is 10.0. The van der Waals surface area contributed by atoms with E-state index in [-0.39, 0.29) is 18.1 Å². The molecule has 0 fully saturated rings. The molecule has 0 spiro atoms. The van der Waals surface area contributed by atoms with Gasteiger partial charge in [-0.15, -0.1) is 0 Å². The van der Waals surface area contributed by atoms with Crippen LogP contribution in [0.5, 0.6) is 5.75 Å². The van der Waals surface area contributed by atoms with Crippen LogP contribution in [-0.2, 0) is 20.7 Å². The van der Waals surface area contributed by atoms with Crippen LogP contribution in [0.25, 0.3) is 0 Å². The van der Waals surface area contributed by atoms with E-state index in [9.17, 15) is 24.6 Å². The molecule has 1 rings (SSSR count). The number of benzene rings is 1. The van der Waals surface area contributed by atoms with Crippen LogP contribution in [0.3, 0.4) is 0 Å². The topological polar surface area (TPSA) is 125 Å². The molecular formula is C20H30N2O6. The Balaban J connectivity index is 2.85. The van der Waals surface area contributed by atoms with Gasteiger partial charge in [0.25, 0.3) is 0 Å². The molecule has 0 radical (unpaired) electrons. The summed E-state index contributed by atoms with van der Waals surface area (Å²) in [5.41, 5.74) is -0.0724. The monoisotopic (exact) mass is 394 g/mol. The van der Waals surface area contributed by atoms with E-state index in [1.807, 2.05) is 13.8 Å². The zero-order chi connectivity index (χ0) is 21.5. The largest absolute Gasteiger partial charge is 0.508 e. The molecule has 8 heteroatoms. The predicted molar refractivity (Wildman–Crippen MR) is 104 cm³/mol. The molecule has 0 aliphatic carbocycles. The van der Waals surface area contributed by atoms with E-state index in [4.69, 9.17) is 4.74 Å². The van der Waals surface area contributed by atoms with Gasteiger partial charge in [-0.1, -0.05) is 26.0 Å². The Kier molecular flexibility index (Phi) is 8.28. The lowest BCUT2D eigenvalue weighted by molar-refractivity contribution is -0.142. The number of phenols is 1. The molecule has 4 N–H and O–H groups in total. The van der Waals surface area contributed by atoms with Crippen molar-refractivity contribution >= 4 is 18.0 Å². The molecule has 0 saturated heterocycles. The number of phenolic OH excluding ortho intramolecular Hbond substituents is 1. The van der Waals surface area contributed by atoms with Gasteiger partial charge in [-0.3, -0.25) is 4.79 Å².